The third-order valence-electron chi connectivity index (χ3n) is 2.99. The molecule has 0 aromatic heterocycles. The molecule has 0 saturated heterocycles. The van der Waals surface area contributed by atoms with E-state index in [0.717, 1.165) is 11.3 Å². The molecule has 100 valence electrons. The highest BCUT2D eigenvalue weighted by Gasteiger charge is 2.16. The first-order chi connectivity index (χ1) is 9.11. The smallest absolute Gasteiger partial charge is 0.130 e. The van der Waals surface area contributed by atoms with Crippen LogP contribution in [0.15, 0.2) is 42.5 Å². The summed E-state index contributed by atoms with van der Waals surface area (Å²) in [4.78, 5) is 0. The zero-order valence-corrected chi connectivity index (χ0v) is 10.6. The summed E-state index contributed by atoms with van der Waals surface area (Å²) < 4.78 is 32.2. The minimum Gasteiger partial charge on any atom is -0.497 e. The van der Waals surface area contributed by atoms with Crippen LogP contribution in [0.25, 0.3) is 0 Å². The van der Waals surface area contributed by atoms with Gasteiger partial charge in [0.05, 0.1) is 7.11 Å². The molecule has 2 rings (SSSR count). The molecule has 0 aliphatic heterocycles. The number of hydrogen-bond acceptors (Lipinski definition) is 2. The fourth-order valence-corrected chi connectivity index (χ4v) is 1.98. The van der Waals surface area contributed by atoms with Crippen molar-refractivity contribution in [2.24, 2.45) is 5.73 Å². The molecule has 1 atom stereocenters. The third-order valence-corrected chi connectivity index (χ3v) is 2.99. The SMILES string of the molecule is COc1ccc(CC(N)c2c(F)cccc2F)cc1. The molecule has 0 amide bonds. The van der Waals surface area contributed by atoms with Crippen LogP contribution in [0.2, 0.25) is 0 Å². The first-order valence-electron chi connectivity index (χ1n) is 5.94. The first-order valence-corrected chi connectivity index (χ1v) is 5.94. The lowest BCUT2D eigenvalue weighted by Crippen LogP contribution is -2.16. The van der Waals surface area contributed by atoms with Gasteiger partial charge in [-0.2, -0.15) is 0 Å². The molecule has 0 aliphatic rings. The van der Waals surface area contributed by atoms with E-state index in [2.05, 4.69) is 0 Å². The predicted molar refractivity (Wildman–Crippen MR) is 70.0 cm³/mol. The van der Waals surface area contributed by atoms with E-state index in [1.54, 1.807) is 19.2 Å². The van der Waals surface area contributed by atoms with Crippen LogP contribution in [-0.4, -0.2) is 7.11 Å². The van der Waals surface area contributed by atoms with Crippen molar-refractivity contribution in [3.05, 3.63) is 65.2 Å². The standard InChI is InChI=1S/C15H15F2NO/c1-19-11-7-5-10(6-8-11)9-14(18)15-12(16)3-2-4-13(15)17/h2-8,14H,9,18H2,1H3. The van der Waals surface area contributed by atoms with Gasteiger partial charge in [0.2, 0.25) is 0 Å². The fourth-order valence-electron chi connectivity index (χ4n) is 1.98. The average molecular weight is 263 g/mol. The Bertz CT molecular complexity index is 534. The number of halogens is 2. The molecule has 19 heavy (non-hydrogen) atoms. The number of nitrogens with two attached hydrogens (primary N) is 1. The van der Waals surface area contributed by atoms with Gasteiger partial charge in [0.25, 0.3) is 0 Å². The first kappa shape index (κ1) is 13.5. The van der Waals surface area contributed by atoms with E-state index >= 15 is 0 Å². The third kappa shape index (κ3) is 3.09. The van der Waals surface area contributed by atoms with Crippen molar-refractivity contribution in [1.29, 1.82) is 0 Å². The maximum Gasteiger partial charge on any atom is 0.130 e. The molecule has 0 radical (unpaired) electrons. The van der Waals surface area contributed by atoms with E-state index in [-0.39, 0.29) is 5.56 Å². The van der Waals surface area contributed by atoms with Crippen molar-refractivity contribution >= 4 is 0 Å². The highest BCUT2D eigenvalue weighted by atomic mass is 19.1. The summed E-state index contributed by atoms with van der Waals surface area (Å²) in [5.74, 6) is -0.489. The van der Waals surface area contributed by atoms with Gasteiger partial charge in [0.1, 0.15) is 17.4 Å². The van der Waals surface area contributed by atoms with Crippen LogP contribution in [0.3, 0.4) is 0 Å². The van der Waals surface area contributed by atoms with Gasteiger partial charge in [-0.1, -0.05) is 18.2 Å². The fraction of sp³-hybridized carbons (Fsp3) is 0.200. The van der Waals surface area contributed by atoms with E-state index in [1.807, 2.05) is 12.1 Å². The summed E-state index contributed by atoms with van der Waals surface area (Å²) in [6, 6.07) is 10.3. The van der Waals surface area contributed by atoms with Gasteiger partial charge in [0, 0.05) is 11.6 Å². The van der Waals surface area contributed by atoms with Gasteiger partial charge < -0.3 is 10.5 Å². The second kappa shape index (κ2) is 5.80. The molecule has 0 aliphatic carbocycles. The summed E-state index contributed by atoms with van der Waals surface area (Å²) in [6.45, 7) is 0. The number of rotatable bonds is 4. The minimum absolute atomic E-state index is 0.0710. The molecule has 0 spiro atoms. The van der Waals surface area contributed by atoms with Crippen molar-refractivity contribution in [1.82, 2.24) is 0 Å². The van der Waals surface area contributed by atoms with Crippen LogP contribution >= 0.6 is 0 Å². The largest absolute Gasteiger partial charge is 0.497 e. The van der Waals surface area contributed by atoms with Crippen molar-refractivity contribution < 1.29 is 13.5 Å². The Morgan fingerprint density at radius 2 is 1.63 bits per heavy atom. The second-order valence-electron chi connectivity index (χ2n) is 4.29. The molecule has 0 heterocycles. The van der Waals surface area contributed by atoms with Gasteiger partial charge in [-0.3, -0.25) is 0 Å². The lowest BCUT2D eigenvalue weighted by molar-refractivity contribution is 0.414. The molecule has 2 nitrogen and oxygen atoms in total. The Morgan fingerprint density at radius 1 is 1.05 bits per heavy atom. The Kier molecular flexibility index (Phi) is 4.12. The summed E-state index contributed by atoms with van der Waals surface area (Å²) >= 11 is 0. The Labute approximate surface area is 110 Å². The van der Waals surface area contributed by atoms with Crippen LogP contribution in [0.5, 0.6) is 5.75 Å². The van der Waals surface area contributed by atoms with Crippen LogP contribution in [-0.2, 0) is 6.42 Å². The molecule has 0 fully saturated rings. The zero-order chi connectivity index (χ0) is 13.8. The number of methoxy groups -OCH3 is 1. The zero-order valence-electron chi connectivity index (χ0n) is 10.6. The quantitative estimate of drug-likeness (QED) is 0.919. The molecule has 4 heteroatoms. The Hall–Kier alpha value is -1.94. The average Bonchev–Trinajstić information content (AvgIpc) is 2.39. The summed E-state index contributed by atoms with van der Waals surface area (Å²) in [7, 11) is 1.58. The molecule has 0 bridgehead atoms. The number of ether oxygens (including phenoxy) is 1. The second-order valence-corrected chi connectivity index (χ2v) is 4.29. The van der Waals surface area contributed by atoms with Gasteiger partial charge in [0.15, 0.2) is 0 Å². The van der Waals surface area contributed by atoms with Crippen molar-refractivity contribution in [3.8, 4) is 5.75 Å². The Balaban J connectivity index is 2.18. The van der Waals surface area contributed by atoms with Crippen LogP contribution in [0.4, 0.5) is 8.78 Å². The predicted octanol–water partition coefficient (Wildman–Crippen LogP) is 3.22. The molecule has 0 saturated carbocycles. The number of hydrogen-bond donors (Lipinski definition) is 1. The summed E-state index contributed by atoms with van der Waals surface area (Å²) in [6.07, 6.45) is 0.363. The lowest BCUT2D eigenvalue weighted by atomic mass is 9.99. The molecule has 2 aromatic rings. The summed E-state index contributed by atoms with van der Waals surface area (Å²) in [5.41, 5.74) is 6.72. The van der Waals surface area contributed by atoms with Crippen molar-refractivity contribution in [2.45, 2.75) is 12.5 Å². The molecule has 2 N–H and O–H groups in total. The minimum atomic E-state index is -0.713. The van der Waals surface area contributed by atoms with E-state index in [4.69, 9.17) is 10.5 Å². The van der Waals surface area contributed by atoms with E-state index in [0.29, 0.717) is 6.42 Å². The van der Waals surface area contributed by atoms with Gasteiger partial charge in [-0.25, -0.2) is 8.78 Å². The van der Waals surface area contributed by atoms with Crippen molar-refractivity contribution in [2.75, 3.05) is 7.11 Å². The van der Waals surface area contributed by atoms with Crippen LogP contribution < -0.4 is 10.5 Å². The molecular weight excluding hydrogens is 248 g/mol. The summed E-state index contributed by atoms with van der Waals surface area (Å²) in [5, 5.41) is 0. The molecule has 2 aromatic carbocycles. The van der Waals surface area contributed by atoms with E-state index < -0.39 is 17.7 Å². The topological polar surface area (TPSA) is 35.2 Å². The molecule has 1 unspecified atom stereocenters. The molecular formula is C15H15F2NO. The normalized spacial score (nSPS) is 12.2. The van der Waals surface area contributed by atoms with Crippen LogP contribution in [0, 0.1) is 11.6 Å². The highest BCUT2D eigenvalue weighted by molar-refractivity contribution is 5.30. The van der Waals surface area contributed by atoms with Gasteiger partial charge >= 0.3 is 0 Å². The lowest BCUT2D eigenvalue weighted by Gasteiger charge is -2.14. The maximum atomic E-state index is 13.6. The monoisotopic (exact) mass is 263 g/mol. The maximum absolute atomic E-state index is 13.6. The number of benzene rings is 2. The Morgan fingerprint density at radius 3 is 2.16 bits per heavy atom. The van der Waals surface area contributed by atoms with Gasteiger partial charge in [-0.15, -0.1) is 0 Å². The van der Waals surface area contributed by atoms with E-state index in [1.165, 1.54) is 18.2 Å². The van der Waals surface area contributed by atoms with Gasteiger partial charge in [-0.05, 0) is 36.2 Å². The highest BCUT2D eigenvalue weighted by Crippen LogP contribution is 2.23. The van der Waals surface area contributed by atoms with Crippen molar-refractivity contribution in [3.63, 3.8) is 0 Å². The van der Waals surface area contributed by atoms with Crippen LogP contribution in [0.1, 0.15) is 17.2 Å². The van der Waals surface area contributed by atoms with E-state index in [9.17, 15) is 8.78 Å².